The maximum atomic E-state index is 11.5. The summed E-state index contributed by atoms with van der Waals surface area (Å²) >= 11 is 0. The van der Waals surface area contributed by atoms with Crippen molar-refractivity contribution in [1.82, 2.24) is 0 Å². The highest BCUT2D eigenvalue weighted by atomic mass is 16.6. The molecule has 4 heteroatoms. The zero-order valence-electron chi connectivity index (χ0n) is 9.45. The third-order valence-corrected chi connectivity index (χ3v) is 1.83. The van der Waals surface area contributed by atoms with E-state index in [1.807, 2.05) is 6.92 Å². The molecule has 0 aliphatic carbocycles. The van der Waals surface area contributed by atoms with Crippen LogP contribution in [0.1, 0.15) is 33.6 Å². The van der Waals surface area contributed by atoms with E-state index in [4.69, 9.17) is 4.74 Å². The summed E-state index contributed by atoms with van der Waals surface area (Å²) < 4.78 is 4.85. The van der Waals surface area contributed by atoms with Gasteiger partial charge in [-0.05, 0) is 20.3 Å². The number of Topliss-reactive ketones (excluding diaryl/α,β-unsaturated/α-hetero) is 1. The van der Waals surface area contributed by atoms with E-state index < -0.39 is 18.2 Å². The number of esters is 1. The molecular weight excluding hydrogens is 196 g/mol. The molecule has 0 saturated heterocycles. The van der Waals surface area contributed by atoms with Crippen LogP contribution in [-0.4, -0.2) is 29.1 Å². The Morgan fingerprint density at radius 2 is 2.00 bits per heavy atom. The molecule has 0 aromatic heterocycles. The molecule has 0 bridgehead atoms. The van der Waals surface area contributed by atoms with Crippen molar-refractivity contribution in [3.63, 3.8) is 0 Å². The van der Waals surface area contributed by atoms with Crippen molar-refractivity contribution in [1.29, 1.82) is 0 Å². The van der Waals surface area contributed by atoms with Gasteiger partial charge in [0.2, 0.25) is 0 Å². The summed E-state index contributed by atoms with van der Waals surface area (Å²) in [6.45, 7) is 8.16. The lowest BCUT2D eigenvalue weighted by Crippen LogP contribution is -2.36. The Hall–Kier alpha value is -1.16. The third-order valence-electron chi connectivity index (χ3n) is 1.83. The first-order valence-electron chi connectivity index (χ1n) is 4.97. The molecule has 0 rings (SSSR count). The van der Waals surface area contributed by atoms with Crippen LogP contribution in [0.2, 0.25) is 0 Å². The molecule has 0 aliphatic heterocycles. The summed E-state index contributed by atoms with van der Waals surface area (Å²) in [7, 11) is 0. The van der Waals surface area contributed by atoms with Crippen LogP contribution in [0, 0.1) is 0 Å². The quantitative estimate of drug-likeness (QED) is 0.533. The molecule has 0 amide bonds. The van der Waals surface area contributed by atoms with Gasteiger partial charge < -0.3 is 9.84 Å². The monoisotopic (exact) mass is 214 g/mol. The molecule has 15 heavy (non-hydrogen) atoms. The van der Waals surface area contributed by atoms with Crippen LogP contribution in [0.5, 0.6) is 0 Å². The van der Waals surface area contributed by atoms with Gasteiger partial charge in [0.15, 0.2) is 11.9 Å². The topological polar surface area (TPSA) is 63.6 Å². The Kier molecular flexibility index (Phi) is 5.86. The molecule has 86 valence electrons. The predicted octanol–water partition coefficient (Wildman–Crippen LogP) is 1.22. The Morgan fingerprint density at radius 3 is 2.33 bits per heavy atom. The van der Waals surface area contributed by atoms with Gasteiger partial charge in [-0.3, -0.25) is 4.79 Å². The largest absolute Gasteiger partial charge is 0.448 e. The van der Waals surface area contributed by atoms with Crippen LogP contribution >= 0.6 is 0 Å². The van der Waals surface area contributed by atoms with Crippen molar-refractivity contribution in [2.24, 2.45) is 0 Å². The number of carbonyl (C=O) groups excluding carboxylic acids is 2. The molecule has 0 aliphatic rings. The van der Waals surface area contributed by atoms with E-state index in [2.05, 4.69) is 6.58 Å². The van der Waals surface area contributed by atoms with Crippen LogP contribution < -0.4 is 0 Å². The average Bonchev–Trinajstić information content (AvgIpc) is 2.13. The maximum absolute atomic E-state index is 11.5. The van der Waals surface area contributed by atoms with Gasteiger partial charge >= 0.3 is 5.97 Å². The smallest absolute Gasteiger partial charge is 0.333 e. The molecule has 0 radical (unpaired) electrons. The van der Waals surface area contributed by atoms with Gasteiger partial charge in [-0.25, -0.2) is 4.79 Å². The molecule has 1 N–H and O–H groups in total. The van der Waals surface area contributed by atoms with Crippen molar-refractivity contribution < 1.29 is 19.4 Å². The summed E-state index contributed by atoms with van der Waals surface area (Å²) in [5, 5.41) is 9.31. The second-order valence-corrected chi connectivity index (χ2v) is 3.56. The molecular formula is C11H18O4. The Morgan fingerprint density at radius 1 is 1.47 bits per heavy atom. The number of carbonyl (C=O) groups is 2. The van der Waals surface area contributed by atoms with Gasteiger partial charge in [0.1, 0.15) is 0 Å². The molecule has 2 unspecified atom stereocenters. The molecule has 0 saturated carbocycles. The highest BCUT2D eigenvalue weighted by Gasteiger charge is 2.26. The van der Waals surface area contributed by atoms with Crippen molar-refractivity contribution in [3.8, 4) is 0 Å². The first-order chi connectivity index (χ1) is 6.90. The lowest BCUT2D eigenvalue weighted by Gasteiger charge is -2.19. The average molecular weight is 214 g/mol. The maximum Gasteiger partial charge on any atom is 0.333 e. The Labute approximate surface area is 89.9 Å². The summed E-state index contributed by atoms with van der Waals surface area (Å²) in [5.74, 6) is -0.910. The van der Waals surface area contributed by atoms with Crippen LogP contribution in [0.3, 0.4) is 0 Å². The van der Waals surface area contributed by atoms with E-state index in [-0.39, 0.29) is 11.4 Å². The van der Waals surface area contributed by atoms with Crippen LogP contribution in [0.4, 0.5) is 0 Å². The van der Waals surface area contributed by atoms with E-state index in [1.54, 1.807) is 0 Å². The number of ether oxygens (including phenoxy) is 1. The highest BCUT2D eigenvalue weighted by Crippen LogP contribution is 2.08. The second kappa shape index (κ2) is 6.35. The van der Waals surface area contributed by atoms with Gasteiger partial charge in [-0.15, -0.1) is 0 Å². The molecule has 2 atom stereocenters. The Balaban J connectivity index is 4.47. The van der Waals surface area contributed by atoms with E-state index >= 15 is 0 Å². The first kappa shape index (κ1) is 13.8. The van der Waals surface area contributed by atoms with Crippen LogP contribution in [0.15, 0.2) is 12.2 Å². The van der Waals surface area contributed by atoms with Gasteiger partial charge in [-0.2, -0.15) is 0 Å². The zero-order chi connectivity index (χ0) is 12.0. The molecule has 4 nitrogen and oxygen atoms in total. The number of rotatable bonds is 6. The minimum Gasteiger partial charge on any atom is -0.448 e. The molecule has 0 spiro atoms. The van der Waals surface area contributed by atoms with Crippen molar-refractivity contribution >= 4 is 11.8 Å². The fourth-order valence-corrected chi connectivity index (χ4v) is 1.04. The predicted molar refractivity (Wildman–Crippen MR) is 56.3 cm³/mol. The Bertz CT molecular complexity index is 255. The number of hydrogen-bond acceptors (Lipinski definition) is 4. The van der Waals surface area contributed by atoms with Gasteiger partial charge in [-0.1, -0.05) is 13.5 Å². The van der Waals surface area contributed by atoms with E-state index in [1.165, 1.54) is 13.8 Å². The molecule has 0 fully saturated rings. The van der Waals surface area contributed by atoms with E-state index in [0.717, 1.165) is 0 Å². The highest BCUT2D eigenvalue weighted by molar-refractivity contribution is 5.91. The summed E-state index contributed by atoms with van der Waals surface area (Å²) in [6, 6.07) is 0. The van der Waals surface area contributed by atoms with Crippen LogP contribution in [-0.2, 0) is 14.3 Å². The number of ketones is 1. The minimum absolute atomic E-state index is 0.213. The second-order valence-electron chi connectivity index (χ2n) is 3.56. The third kappa shape index (κ3) is 4.74. The molecule has 0 aromatic rings. The van der Waals surface area contributed by atoms with Crippen LogP contribution in [0.25, 0.3) is 0 Å². The standard InChI is InChI=1S/C11H18O4/c1-5-6-9(13)10(8(4)12)15-11(14)7(2)3/h8,10,12H,2,5-6H2,1,3-4H3. The zero-order valence-corrected chi connectivity index (χ0v) is 9.45. The van der Waals surface area contributed by atoms with Crippen molar-refractivity contribution in [2.45, 2.75) is 45.8 Å². The summed E-state index contributed by atoms with van der Waals surface area (Å²) in [5.41, 5.74) is 0.213. The van der Waals surface area contributed by atoms with Gasteiger partial charge in [0.25, 0.3) is 0 Å². The van der Waals surface area contributed by atoms with Crippen molar-refractivity contribution in [2.75, 3.05) is 0 Å². The SMILES string of the molecule is C=C(C)C(=O)OC(C(=O)CCC)C(C)O. The van der Waals surface area contributed by atoms with Gasteiger partial charge in [0, 0.05) is 12.0 Å². The van der Waals surface area contributed by atoms with E-state index in [0.29, 0.717) is 12.8 Å². The van der Waals surface area contributed by atoms with E-state index in [9.17, 15) is 14.7 Å². The van der Waals surface area contributed by atoms with Crippen molar-refractivity contribution in [3.05, 3.63) is 12.2 Å². The number of aliphatic hydroxyl groups excluding tert-OH is 1. The fourth-order valence-electron chi connectivity index (χ4n) is 1.04. The lowest BCUT2D eigenvalue weighted by molar-refractivity contribution is -0.157. The number of aliphatic hydroxyl groups is 1. The normalized spacial score (nSPS) is 14.1. The molecule has 0 aromatic carbocycles. The first-order valence-corrected chi connectivity index (χ1v) is 4.97. The minimum atomic E-state index is -1.07. The molecule has 0 heterocycles. The summed E-state index contributed by atoms with van der Waals surface area (Å²) in [4.78, 5) is 22.7. The lowest BCUT2D eigenvalue weighted by atomic mass is 10.1. The fraction of sp³-hybridized carbons (Fsp3) is 0.636. The number of hydrogen-bond donors (Lipinski definition) is 1. The van der Waals surface area contributed by atoms with Gasteiger partial charge in [0.05, 0.1) is 6.10 Å². The summed E-state index contributed by atoms with van der Waals surface area (Å²) in [6.07, 6.45) is -1.12.